The fourth-order valence-electron chi connectivity index (χ4n) is 3.94. The topological polar surface area (TPSA) is 17.1 Å². The highest BCUT2D eigenvalue weighted by Crippen LogP contribution is 2.13. The summed E-state index contributed by atoms with van der Waals surface area (Å²) in [5.74, 6) is 0.457. The molecule has 0 aliphatic carbocycles. The van der Waals surface area contributed by atoms with E-state index in [1.54, 1.807) is 0 Å². The van der Waals surface area contributed by atoms with Crippen molar-refractivity contribution in [3.8, 4) is 0 Å². The van der Waals surface area contributed by atoms with Crippen molar-refractivity contribution in [2.24, 2.45) is 0 Å². The first-order valence-electron chi connectivity index (χ1n) is 12.4. The van der Waals surface area contributed by atoms with Crippen LogP contribution >= 0.6 is 0 Å². The van der Waals surface area contributed by atoms with Gasteiger partial charge in [-0.2, -0.15) is 0 Å². The Morgan fingerprint density at radius 3 is 1.37 bits per heavy atom. The molecule has 0 heterocycles. The van der Waals surface area contributed by atoms with Gasteiger partial charge >= 0.3 is 0 Å². The SMILES string of the molecule is CCCCCCCCCCCCCCCC[N+](C)(C)CC(=O)CCCCC. The zero-order valence-corrected chi connectivity index (χ0v) is 19.5. The molecular weight excluding hydrogens is 330 g/mol. The van der Waals surface area contributed by atoms with Gasteiger partial charge in [0.25, 0.3) is 0 Å². The second-order valence-corrected chi connectivity index (χ2v) is 9.41. The van der Waals surface area contributed by atoms with Crippen molar-refractivity contribution >= 4 is 5.78 Å². The molecule has 0 unspecified atom stereocenters. The summed E-state index contributed by atoms with van der Waals surface area (Å²) in [5, 5.41) is 0. The number of carbonyl (C=O) groups is 1. The van der Waals surface area contributed by atoms with E-state index in [-0.39, 0.29) is 0 Å². The van der Waals surface area contributed by atoms with Gasteiger partial charge in [0.05, 0.1) is 20.6 Å². The molecule has 162 valence electrons. The molecule has 0 atom stereocenters. The van der Waals surface area contributed by atoms with Crippen LogP contribution < -0.4 is 0 Å². The maximum absolute atomic E-state index is 12.1. The lowest BCUT2D eigenvalue weighted by molar-refractivity contribution is -0.882. The second kappa shape index (κ2) is 19.0. The molecule has 27 heavy (non-hydrogen) atoms. The first-order valence-corrected chi connectivity index (χ1v) is 12.4. The molecule has 2 nitrogen and oxygen atoms in total. The van der Waals surface area contributed by atoms with E-state index in [1.807, 2.05) is 0 Å². The molecule has 0 N–H and O–H groups in total. The summed E-state index contributed by atoms with van der Waals surface area (Å²) in [6, 6.07) is 0. The highest BCUT2D eigenvalue weighted by molar-refractivity contribution is 5.79. The first-order chi connectivity index (χ1) is 13.0. The van der Waals surface area contributed by atoms with Gasteiger partial charge in [-0.15, -0.1) is 0 Å². The summed E-state index contributed by atoms with van der Waals surface area (Å²) >= 11 is 0. The van der Waals surface area contributed by atoms with E-state index in [0.717, 1.165) is 30.4 Å². The molecule has 0 saturated carbocycles. The lowest BCUT2D eigenvalue weighted by atomic mass is 10.0. The maximum Gasteiger partial charge on any atom is 0.186 e. The molecule has 2 heteroatoms. The van der Waals surface area contributed by atoms with Crippen LogP contribution in [-0.4, -0.2) is 37.5 Å². The van der Waals surface area contributed by atoms with Crippen molar-refractivity contribution in [2.45, 2.75) is 129 Å². The van der Waals surface area contributed by atoms with Crippen LogP contribution in [0.25, 0.3) is 0 Å². The second-order valence-electron chi connectivity index (χ2n) is 9.41. The molecule has 0 spiro atoms. The average Bonchev–Trinajstić information content (AvgIpc) is 2.61. The van der Waals surface area contributed by atoms with Crippen LogP contribution in [0.4, 0.5) is 0 Å². The Hall–Kier alpha value is -0.370. The van der Waals surface area contributed by atoms with E-state index in [9.17, 15) is 4.79 Å². The van der Waals surface area contributed by atoms with Crippen molar-refractivity contribution in [1.29, 1.82) is 0 Å². The Bertz CT molecular complexity index is 324. The van der Waals surface area contributed by atoms with Gasteiger partial charge in [0.2, 0.25) is 0 Å². The Balaban J connectivity index is 3.38. The van der Waals surface area contributed by atoms with Crippen LogP contribution in [0, 0.1) is 0 Å². The van der Waals surface area contributed by atoms with Gasteiger partial charge in [-0.25, -0.2) is 0 Å². The third kappa shape index (κ3) is 20.2. The normalized spacial score (nSPS) is 11.9. The van der Waals surface area contributed by atoms with Crippen LogP contribution in [-0.2, 0) is 4.79 Å². The molecule has 0 fully saturated rings. The highest BCUT2D eigenvalue weighted by Gasteiger charge is 2.18. The maximum atomic E-state index is 12.1. The molecule has 0 radical (unpaired) electrons. The summed E-state index contributed by atoms with van der Waals surface area (Å²) in [4.78, 5) is 12.1. The lowest BCUT2D eigenvalue weighted by Crippen LogP contribution is -2.44. The van der Waals surface area contributed by atoms with E-state index in [1.165, 1.54) is 103 Å². The minimum Gasteiger partial charge on any atom is -0.322 e. The third-order valence-corrected chi connectivity index (χ3v) is 5.78. The standard InChI is InChI=1S/C25H52NO/c1-5-7-9-10-11-12-13-14-15-16-17-18-19-21-23-26(3,4)24-25(27)22-20-8-6-2/h5-24H2,1-4H3/q+1. The quantitative estimate of drug-likeness (QED) is 0.147. The van der Waals surface area contributed by atoms with Gasteiger partial charge in [0.15, 0.2) is 5.78 Å². The van der Waals surface area contributed by atoms with Crippen LogP contribution in [0.1, 0.15) is 129 Å². The van der Waals surface area contributed by atoms with E-state index in [0.29, 0.717) is 5.78 Å². The predicted octanol–water partition coefficient (Wildman–Crippen LogP) is 7.69. The number of hydrogen-bond donors (Lipinski definition) is 0. The van der Waals surface area contributed by atoms with Crippen LogP contribution in [0.3, 0.4) is 0 Å². The number of quaternary nitrogens is 1. The summed E-state index contributed by atoms with van der Waals surface area (Å²) in [7, 11) is 4.44. The molecule has 0 aromatic rings. The smallest absolute Gasteiger partial charge is 0.186 e. The van der Waals surface area contributed by atoms with Gasteiger partial charge in [0.1, 0.15) is 6.54 Å². The number of nitrogens with zero attached hydrogens (tertiary/aromatic N) is 1. The largest absolute Gasteiger partial charge is 0.322 e. The fraction of sp³-hybridized carbons (Fsp3) is 0.960. The Kier molecular flexibility index (Phi) is 18.7. The van der Waals surface area contributed by atoms with E-state index >= 15 is 0 Å². The van der Waals surface area contributed by atoms with E-state index < -0.39 is 0 Å². The van der Waals surface area contributed by atoms with Crippen molar-refractivity contribution in [3.63, 3.8) is 0 Å². The van der Waals surface area contributed by atoms with Crippen LogP contribution in [0.15, 0.2) is 0 Å². The minimum atomic E-state index is 0.457. The van der Waals surface area contributed by atoms with Gasteiger partial charge in [-0.1, -0.05) is 104 Å². The van der Waals surface area contributed by atoms with Crippen molar-refractivity contribution in [2.75, 3.05) is 27.2 Å². The molecule has 0 aliphatic heterocycles. The zero-order valence-electron chi connectivity index (χ0n) is 19.5. The Morgan fingerprint density at radius 1 is 0.556 bits per heavy atom. The summed E-state index contributed by atoms with van der Waals surface area (Å²) in [5.41, 5.74) is 0. The number of carbonyl (C=O) groups excluding carboxylic acids is 1. The summed E-state index contributed by atoms with van der Waals surface area (Å²) in [6.45, 7) is 6.36. The highest BCUT2D eigenvalue weighted by atomic mass is 16.1. The number of unbranched alkanes of at least 4 members (excludes halogenated alkanes) is 15. The molecule has 0 aromatic heterocycles. The number of likely N-dealkylation sites (N-methyl/N-ethyl adjacent to an activating group) is 1. The molecule has 0 aromatic carbocycles. The monoisotopic (exact) mass is 382 g/mol. The Morgan fingerprint density at radius 2 is 0.926 bits per heavy atom. The number of hydrogen-bond acceptors (Lipinski definition) is 1. The minimum absolute atomic E-state index is 0.457. The molecule has 0 saturated heterocycles. The lowest BCUT2D eigenvalue weighted by Gasteiger charge is -2.29. The van der Waals surface area contributed by atoms with E-state index in [2.05, 4.69) is 27.9 Å². The third-order valence-electron chi connectivity index (χ3n) is 5.78. The van der Waals surface area contributed by atoms with Crippen molar-refractivity contribution in [3.05, 3.63) is 0 Å². The Labute approximate surface area is 172 Å². The molecule has 0 aliphatic rings. The number of ketones is 1. The van der Waals surface area contributed by atoms with E-state index in [4.69, 9.17) is 0 Å². The summed E-state index contributed by atoms with van der Waals surface area (Å²) in [6.07, 6.45) is 24.0. The fourth-order valence-corrected chi connectivity index (χ4v) is 3.94. The summed E-state index contributed by atoms with van der Waals surface area (Å²) < 4.78 is 0.878. The number of rotatable bonds is 21. The first kappa shape index (κ1) is 26.6. The van der Waals surface area contributed by atoms with Gasteiger partial charge in [-0.05, 0) is 19.3 Å². The molecule has 0 bridgehead atoms. The van der Waals surface area contributed by atoms with Crippen molar-refractivity contribution < 1.29 is 9.28 Å². The van der Waals surface area contributed by atoms with Gasteiger partial charge in [0, 0.05) is 6.42 Å². The van der Waals surface area contributed by atoms with Crippen LogP contribution in [0.2, 0.25) is 0 Å². The molecular formula is C25H52NO+. The van der Waals surface area contributed by atoms with Crippen LogP contribution in [0.5, 0.6) is 0 Å². The zero-order chi connectivity index (χ0) is 20.2. The predicted molar refractivity (Wildman–Crippen MR) is 121 cm³/mol. The molecule has 0 rings (SSSR count). The van der Waals surface area contributed by atoms with Gasteiger partial charge in [-0.3, -0.25) is 4.79 Å². The number of Topliss-reactive ketones (excluding diaryl/α,β-unsaturated/α-hetero) is 1. The van der Waals surface area contributed by atoms with Gasteiger partial charge < -0.3 is 4.48 Å². The average molecular weight is 383 g/mol. The molecule has 0 amide bonds. The van der Waals surface area contributed by atoms with Crippen molar-refractivity contribution in [1.82, 2.24) is 0 Å².